The van der Waals surface area contributed by atoms with E-state index < -0.39 is 5.82 Å². The van der Waals surface area contributed by atoms with Crippen LogP contribution in [-0.4, -0.2) is 18.4 Å². The van der Waals surface area contributed by atoms with Crippen LogP contribution in [0, 0.1) is 5.82 Å². The molecule has 0 spiro atoms. The largest absolute Gasteiger partial charge is 0.352 e. The highest BCUT2D eigenvalue weighted by molar-refractivity contribution is 5.95. The van der Waals surface area contributed by atoms with Crippen LogP contribution in [0.1, 0.15) is 43.1 Å². The average molecular weight is 342 g/mol. The van der Waals surface area contributed by atoms with Crippen molar-refractivity contribution in [3.8, 4) is 0 Å². The van der Waals surface area contributed by atoms with Crippen molar-refractivity contribution in [2.75, 3.05) is 11.9 Å². The van der Waals surface area contributed by atoms with Gasteiger partial charge in [-0.15, -0.1) is 0 Å². The van der Waals surface area contributed by atoms with Crippen LogP contribution in [0.4, 0.5) is 10.1 Å². The highest BCUT2D eigenvalue weighted by Crippen LogP contribution is 2.22. The van der Waals surface area contributed by atoms with Crippen molar-refractivity contribution in [3.05, 3.63) is 65.5 Å². The topological polar surface area (TPSA) is 58.2 Å². The predicted molar refractivity (Wildman–Crippen MR) is 97.1 cm³/mol. The first kappa shape index (κ1) is 18.6. The average Bonchev–Trinajstić information content (AvgIpc) is 2.56. The van der Waals surface area contributed by atoms with Crippen LogP contribution in [0.5, 0.6) is 0 Å². The summed E-state index contributed by atoms with van der Waals surface area (Å²) in [7, 11) is 0. The molecule has 0 aliphatic carbocycles. The molecule has 0 aliphatic heterocycles. The number of carbonyl (C=O) groups excluding carboxylic acids is 2. The highest BCUT2D eigenvalue weighted by Gasteiger charge is 2.14. The van der Waals surface area contributed by atoms with E-state index in [-0.39, 0.29) is 35.9 Å². The lowest BCUT2D eigenvalue weighted by Crippen LogP contribution is -2.27. The molecule has 0 fully saturated rings. The number of hydrogen-bond acceptors (Lipinski definition) is 2. The molecule has 2 rings (SSSR count). The van der Waals surface area contributed by atoms with Gasteiger partial charge in [0.1, 0.15) is 5.82 Å². The quantitative estimate of drug-likeness (QED) is 0.866. The fourth-order valence-corrected chi connectivity index (χ4v) is 2.29. The molecule has 2 aromatic rings. The van der Waals surface area contributed by atoms with E-state index in [0.717, 1.165) is 5.56 Å². The summed E-state index contributed by atoms with van der Waals surface area (Å²) in [5, 5.41) is 5.18. The lowest BCUT2D eigenvalue weighted by molar-refractivity contribution is -0.116. The summed E-state index contributed by atoms with van der Waals surface area (Å²) in [5.74, 6) is -1.08. The normalized spacial score (nSPS) is 11.0. The maximum Gasteiger partial charge on any atom is 0.251 e. The Morgan fingerprint density at radius 2 is 1.64 bits per heavy atom. The maximum absolute atomic E-state index is 13.5. The van der Waals surface area contributed by atoms with E-state index in [1.807, 2.05) is 12.1 Å². The van der Waals surface area contributed by atoms with Crippen LogP contribution in [0.25, 0.3) is 0 Å². The molecule has 132 valence electrons. The minimum absolute atomic E-state index is 0.0276. The van der Waals surface area contributed by atoms with Crippen molar-refractivity contribution >= 4 is 17.5 Å². The van der Waals surface area contributed by atoms with Crippen molar-refractivity contribution in [3.63, 3.8) is 0 Å². The number of nitrogens with one attached hydrogen (secondary N) is 2. The summed E-state index contributed by atoms with van der Waals surface area (Å²) < 4.78 is 13.5. The zero-order valence-electron chi connectivity index (χ0n) is 14.7. The number of amides is 2. The van der Waals surface area contributed by atoms with Crippen LogP contribution in [0.15, 0.2) is 48.5 Å². The van der Waals surface area contributed by atoms with Crippen LogP contribution >= 0.6 is 0 Å². The molecule has 4 nitrogen and oxygen atoms in total. The fourth-order valence-electron chi connectivity index (χ4n) is 2.29. The maximum atomic E-state index is 13.5. The van der Waals surface area contributed by atoms with E-state index in [1.165, 1.54) is 12.1 Å². The smallest absolute Gasteiger partial charge is 0.251 e. The van der Waals surface area contributed by atoms with Gasteiger partial charge in [0, 0.05) is 18.5 Å². The van der Waals surface area contributed by atoms with E-state index in [1.54, 1.807) is 24.3 Å². The first-order valence-corrected chi connectivity index (χ1v) is 8.20. The number of halogens is 1. The molecule has 0 radical (unpaired) electrons. The number of rotatable bonds is 5. The molecule has 0 heterocycles. The molecule has 2 amide bonds. The summed E-state index contributed by atoms with van der Waals surface area (Å²) in [6.07, 6.45) is 0.0696. The van der Waals surface area contributed by atoms with Crippen molar-refractivity contribution in [2.24, 2.45) is 0 Å². The van der Waals surface area contributed by atoms with Gasteiger partial charge < -0.3 is 10.6 Å². The van der Waals surface area contributed by atoms with E-state index in [0.29, 0.717) is 5.56 Å². The van der Waals surface area contributed by atoms with Gasteiger partial charge in [0.25, 0.3) is 5.91 Å². The number of anilines is 1. The van der Waals surface area contributed by atoms with Crippen molar-refractivity contribution in [1.29, 1.82) is 0 Å². The molecule has 25 heavy (non-hydrogen) atoms. The summed E-state index contributed by atoms with van der Waals surface area (Å²) in [6.45, 7) is 6.50. The second kappa shape index (κ2) is 7.92. The number of benzene rings is 2. The van der Waals surface area contributed by atoms with Gasteiger partial charge in [-0.05, 0) is 35.2 Å². The Kier molecular flexibility index (Phi) is 5.91. The molecule has 0 saturated heterocycles. The number of para-hydroxylation sites is 1. The number of hydrogen-bond donors (Lipinski definition) is 2. The molecular formula is C20H23FN2O2. The van der Waals surface area contributed by atoms with Gasteiger partial charge in [-0.3, -0.25) is 9.59 Å². The van der Waals surface area contributed by atoms with Crippen LogP contribution in [0.3, 0.4) is 0 Å². The summed E-state index contributed by atoms with van der Waals surface area (Å²) >= 11 is 0. The molecule has 0 unspecified atom stereocenters. The van der Waals surface area contributed by atoms with Gasteiger partial charge in [0.05, 0.1) is 5.69 Å². The van der Waals surface area contributed by atoms with E-state index in [9.17, 15) is 14.0 Å². The zero-order valence-corrected chi connectivity index (χ0v) is 14.7. The molecule has 0 atom stereocenters. The molecule has 2 N–H and O–H groups in total. The Morgan fingerprint density at radius 3 is 2.24 bits per heavy atom. The van der Waals surface area contributed by atoms with Gasteiger partial charge in [-0.25, -0.2) is 4.39 Å². The van der Waals surface area contributed by atoms with Gasteiger partial charge >= 0.3 is 0 Å². The summed E-state index contributed by atoms with van der Waals surface area (Å²) in [6, 6.07) is 13.4. The van der Waals surface area contributed by atoms with Crippen molar-refractivity contribution < 1.29 is 14.0 Å². The highest BCUT2D eigenvalue weighted by atomic mass is 19.1. The molecule has 2 aromatic carbocycles. The second-order valence-electron chi connectivity index (χ2n) is 6.86. The zero-order chi connectivity index (χ0) is 18.4. The van der Waals surface area contributed by atoms with Crippen LogP contribution in [-0.2, 0) is 10.2 Å². The SMILES string of the molecule is CC(C)(C)c1ccc(C(=O)NCCC(=O)Nc2ccccc2F)cc1. The van der Waals surface area contributed by atoms with E-state index in [2.05, 4.69) is 31.4 Å². The second-order valence-corrected chi connectivity index (χ2v) is 6.86. The Morgan fingerprint density at radius 1 is 1.00 bits per heavy atom. The summed E-state index contributed by atoms with van der Waals surface area (Å²) in [4.78, 5) is 23.9. The van der Waals surface area contributed by atoms with Gasteiger partial charge in [-0.1, -0.05) is 45.0 Å². The van der Waals surface area contributed by atoms with Gasteiger partial charge in [0.2, 0.25) is 5.91 Å². The van der Waals surface area contributed by atoms with Crippen molar-refractivity contribution in [2.45, 2.75) is 32.6 Å². The van der Waals surface area contributed by atoms with Crippen molar-refractivity contribution in [1.82, 2.24) is 5.32 Å². The van der Waals surface area contributed by atoms with Gasteiger partial charge in [-0.2, -0.15) is 0 Å². The molecule has 0 aliphatic rings. The Bertz CT molecular complexity index is 749. The van der Waals surface area contributed by atoms with Crippen LogP contribution in [0.2, 0.25) is 0 Å². The molecule has 5 heteroatoms. The van der Waals surface area contributed by atoms with E-state index in [4.69, 9.17) is 0 Å². The minimum Gasteiger partial charge on any atom is -0.352 e. The molecule has 0 saturated carbocycles. The predicted octanol–water partition coefficient (Wildman–Crippen LogP) is 3.88. The third kappa shape index (κ3) is 5.41. The van der Waals surface area contributed by atoms with E-state index >= 15 is 0 Å². The van der Waals surface area contributed by atoms with Crippen LogP contribution < -0.4 is 10.6 Å². The van der Waals surface area contributed by atoms with Gasteiger partial charge in [0.15, 0.2) is 0 Å². The lowest BCUT2D eigenvalue weighted by atomic mass is 9.87. The monoisotopic (exact) mass is 342 g/mol. The minimum atomic E-state index is -0.487. The molecule has 0 aromatic heterocycles. The Balaban J connectivity index is 1.82. The summed E-state index contributed by atoms with van der Waals surface area (Å²) in [5.41, 5.74) is 1.85. The molecule has 0 bridgehead atoms. The first-order chi connectivity index (χ1) is 11.8. The fraction of sp³-hybridized carbons (Fsp3) is 0.300. The Hall–Kier alpha value is -2.69. The third-order valence-corrected chi connectivity index (χ3v) is 3.80. The molecular weight excluding hydrogens is 319 g/mol. The first-order valence-electron chi connectivity index (χ1n) is 8.20. The number of carbonyl (C=O) groups is 2. The third-order valence-electron chi connectivity index (χ3n) is 3.80. The lowest BCUT2D eigenvalue weighted by Gasteiger charge is -2.19. The Labute approximate surface area is 147 Å². The standard InChI is InChI=1S/C20H23FN2O2/c1-20(2,3)15-10-8-14(9-11-15)19(25)22-13-12-18(24)23-17-7-5-4-6-16(17)21/h4-11H,12-13H2,1-3H3,(H,22,25)(H,23,24).